The molecule has 2 fully saturated rings. The smallest absolute Gasteiger partial charge is 0.0688 e. The molecule has 0 aromatic heterocycles. The lowest BCUT2D eigenvalue weighted by Crippen LogP contribution is -2.37. The molecule has 0 bridgehead atoms. The van der Waals surface area contributed by atoms with Crippen LogP contribution in [0.5, 0.6) is 0 Å². The molecule has 0 amide bonds. The van der Waals surface area contributed by atoms with Gasteiger partial charge in [0.25, 0.3) is 0 Å². The Morgan fingerprint density at radius 1 is 1.18 bits per heavy atom. The van der Waals surface area contributed by atoms with Gasteiger partial charge >= 0.3 is 0 Å². The molecule has 1 heterocycles. The predicted octanol–water partition coefficient (Wildman–Crippen LogP) is 4.17. The first-order chi connectivity index (χ1) is 8.38. The highest BCUT2D eigenvalue weighted by Gasteiger charge is 2.40. The molecule has 0 aromatic carbocycles. The summed E-state index contributed by atoms with van der Waals surface area (Å²) in [5, 5.41) is 0. The van der Waals surface area contributed by atoms with Crippen molar-refractivity contribution in [2.45, 2.75) is 50.5 Å². The summed E-state index contributed by atoms with van der Waals surface area (Å²) in [5.41, 5.74) is 1.79. The summed E-state index contributed by atoms with van der Waals surface area (Å²) in [7, 11) is 0. The zero-order valence-corrected chi connectivity index (χ0v) is 10.5. The quantitative estimate of drug-likeness (QED) is 0.657. The zero-order chi connectivity index (χ0) is 11.6. The van der Waals surface area contributed by atoms with Gasteiger partial charge in [-0.15, -0.1) is 0 Å². The van der Waals surface area contributed by atoms with Crippen molar-refractivity contribution in [3.63, 3.8) is 0 Å². The fourth-order valence-corrected chi connectivity index (χ4v) is 3.58. The Labute approximate surface area is 104 Å². The van der Waals surface area contributed by atoms with Gasteiger partial charge in [0.2, 0.25) is 0 Å². The van der Waals surface area contributed by atoms with E-state index < -0.39 is 0 Å². The molecule has 17 heavy (non-hydrogen) atoms. The largest absolute Gasteiger partial charge is 0.375 e. The summed E-state index contributed by atoms with van der Waals surface area (Å²) in [5.74, 6) is 0.734. The molecule has 3 rings (SSSR count). The minimum absolute atomic E-state index is 0.247. The Hall–Kier alpha value is -0.820. The Kier molecular flexibility index (Phi) is 3.19. The summed E-state index contributed by atoms with van der Waals surface area (Å²) < 4.78 is 6.11. The van der Waals surface area contributed by atoms with Crippen LogP contribution >= 0.6 is 0 Å². The van der Waals surface area contributed by atoms with Crippen LogP contribution in [0.4, 0.5) is 0 Å². The molecular weight excluding hydrogens is 208 g/mol. The highest BCUT2D eigenvalue weighted by molar-refractivity contribution is 5.29. The van der Waals surface area contributed by atoms with Crippen molar-refractivity contribution < 1.29 is 4.74 Å². The molecular formula is C16H22O. The van der Waals surface area contributed by atoms with E-state index in [0.717, 1.165) is 18.9 Å². The van der Waals surface area contributed by atoms with E-state index in [2.05, 4.69) is 30.4 Å². The van der Waals surface area contributed by atoms with Crippen molar-refractivity contribution in [2.24, 2.45) is 5.92 Å². The molecule has 1 heteroatoms. The van der Waals surface area contributed by atoms with Crippen LogP contribution in [-0.4, -0.2) is 12.2 Å². The van der Waals surface area contributed by atoms with Gasteiger partial charge in [-0.2, -0.15) is 0 Å². The van der Waals surface area contributed by atoms with E-state index in [4.69, 9.17) is 4.74 Å². The highest BCUT2D eigenvalue weighted by atomic mass is 16.5. The summed E-state index contributed by atoms with van der Waals surface area (Å²) in [6, 6.07) is 0. The van der Waals surface area contributed by atoms with Gasteiger partial charge in [-0.25, -0.2) is 0 Å². The van der Waals surface area contributed by atoms with Crippen LogP contribution in [0.1, 0.15) is 44.9 Å². The second kappa shape index (κ2) is 4.81. The summed E-state index contributed by atoms with van der Waals surface area (Å²) in [6.07, 6.45) is 20.1. The molecule has 2 aliphatic carbocycles. The number of hydrogen-bond acceptors (Lipinski definition) is 1. The topological polar surface area (TPSA) is 9.23 Å². The van der Waals surface area contributed by atoms with Crippen molar-refractivity contribution in [3.8, 4) is 0 Å². The molecule has 3 aliphatic rings. The van der Waals surface area contributed by atoms with Crippen molar-refractivity contribution in [2.75, 3.05) is 6.61 Å². The normalized spacial score (nSPS) is 31.5. The fraction of sp³-hybridized carbons (Fsp3) is 0.625. The maximum Gasteiger partial charge on any atom is 0.0688 e. The van der Waals surface area contributed by atoms with Crippen molar-refractivity contribution in [3.05, 3.63) is 36.0 Å². The SMILES string of the molecule is C1=CCC=C([C@@H]2CCOC3(CCCC3)C2)C=C1. The number of ether oxygens (including phenoxy) is 1. The van der Waals surface area contributed by atoms with Gasteiger partial charge < -0.3 is 4.74 Å². The van der Waals surface area contributed by atoms with Gasteiger partial charge in [0.05, 0.1) is 5.60 Å². The van der Waals surface area contributed by atoms with Crippen molar-refractivity contribution >= 4 is 0 Å². The van der Waals surface area contributed by atoms with Gasteiger partial charge in [0, 0.05) is 6.61 Å². The van der Waals surface area contributed by atoms with Crippen LogP contribution in [0.3, 0.4) is 0 Å². The van der Waals surface area contributed by atoms with Gasteiger partial charge in [0.15, 0.2) is 0 Å². The second-order valence-electron chi connectivity index (χ2n) is 5.66. The van der Waals surface area contributed by atoms with Crippen LogP contribution in [-0.2, 0) is 4.74 Å². The highest BCUT2D eigenvalue weighted by Crippen LogP contribution is 2.44. The van der Waals surface area contributed by atoms with E-state index in [1.54, 1.807) is 5.57 Å². The summed E-state index contributed by atoms with van der Waals surface area (Å²) in [4.78, 5) is 0. The molecule has 0 N–H and O–H groups in total. The summed E-state index contributed by atoms with van der Waals surface area (Å²) >= 11 is 0. The molecule has 92 valence electrons. The second-order valence-corrected chi connectivity index (χ2v) is 5.66. The third-order valence-electron chi connectivity index (χ3n) is 4.50. The monoisotopic (exact) mass is 230 g/mol. The minimum atomic E-state index is 0.247. The fourth-order valence-electron chi connectivity index (χ4n) is 3.58. The molecule has 1 saturated heterocycles. The Balaban J connectivity index is 1.73. The lowest BCUT2D eigenvalue weighted by Gasteiger charge is -2.39. The van der Waals surface area contributed by atoms with Crippen LogP contribution in [0.15, 0.2) is 36.0 Å². The maximum atomic E-state index is 6.11. The van der Waals surface area contributed by atoms with E-state index >= 15 is 0 Å². The molecule has 0 unspecified atom stereocenters. The lowest BCUT2D eigenvalue weighted by atomic mass is 9.80. The van der Waals surface area contributed by atoms with Crippen LogP contribution in [0.25, 0.3) is 0 Å². The third-order valence-corrected chi connectivity index (χ3v) is 4.50. The molecule has 1 aliphatic heterocycles. The van der Waals surface area contributed by atoms with Crippen molar-refractivity contribution in [1.29, 1.82) is 0 Å². The van der Waals surface area contributed by atoms with Gasteiger partial charge in [-0.05, 0) is 43.6 Å². The Morgan fingerprint density at radius 2 is 2.06 bits per heavy atom. The standard InChI is InChI=1S/C16H22O/c1-2-4-8-14(7-3-1)15-9-12-17-16(13-15)10-5-6-11-16/h1-3,7-8,15H,4-6,9-13H2/t15-/m1/s1. The molecule has 1 atom stereocenters. The van der Waals surface area contributed by atoms with E-state index in [1.165, 1.54) is 38.5 Å². The molecule has 1 nitrogen and oxygen atoms in total. The minimum Gasteiger partial charge on any atom is -0.375 e. The number of hydrogen-bond donors (Lipinski definition) is 0. The van der Waals surface area contributed by atoms with Gasteiger partial charge in [0.1, 0.15) is 0 Å². The first-order valence-corrected chi connectivity index (χ1v) is 7.05. The van der Waals surface area contributed by atoms with E-state index in [0.29, 0.717) is 0 Å². The number of allylic oxidation sites excluding steroid dienone is 6. The zero-order valence-electron chi connectivity index (χ0n) is 10.5. The first kappa shape index (κ1) is 11.3. The van der Waals surface area contributed by atoms with E-state index in [9.17, 15) is 0 Å². The maximum absolute atomic E-state index is 6.11. The van der Waals surface area contributed by atoms with Crippen LogP contribution in [0.2, 0.25) is 0 Å². The predicted molar refractivity (Wildman–Crippen MR) is 70.9 cm³/mol. The number of rotatable bonds is 1. The van der Waals surface area contributed by atoms with Gasteiger partial charge in [-0.1, -0.05) is 43.2 Å². The van der Waals surface area contributed by atoms with Gasteiger partial charge in [-0.3, -0.25) is 0 Å². The lowest BCUT2D eigenvalue weighted by molar-refractivity contribution is -0.0865. The van der Waals surface area contributed by atoms with E-state index in [-0.39, 0.29) is 5.60 Å². The van der Waals surface area contributed by atoms with E-state index in [1.807, 2.05) is 0 Å². The first-order valence-electron chi connectivity index (χ1n) is 7.05. The van der Waals surface area contributed by atoms with Crippen LogP contribution in [0, 0.1) is 5.92 Å². The summed E-state index contributed by atoms with van der Waals surface area (Å²) in [6.45, 7) is 0.962. The van der Waals surface area contributed by atoms with Crippen LogP contribution < -0.4 is 0 Å². The Morgan fingerprint density at radius 3 is 2.94 bits per heavy atom. The average molecular weight is 230 g/mol. The molecule has 0 aromatic rings. The Bertz CT molecular complexity index is 356. The average Bonchev–Trinajstić information content (AvgIpc) is 2.66. The van der Waals surface area contributed by atoms with Crippen molar-refractivity contribution in [1.82, 2.24) is 0 Å². The molecule has 1 spiro atoms. The molecule has 0 radical (unpaired) electrons. The molecule has 1 saturated carbocycles. The third kappa shape index (κ3) is 2.40.